The van der Waals surface area contributed by atoms with Gasteiger partial charge < -0.3 is 9.88 Å². The molecule has 1 saturated carbocycles. The van der Waals surface area contributed by atoms with E-state index in [2.05, 4.69) is 62.4 Å². The molecule has 0 saturated heterocycles. The number of hydrogen-bond donors (Lipinski definition) is 1. The van der Waals surface area contributed by atoms with Gasteiger partial charge in [0.15, 0.2) is 0 Å². The lowest BCUT2D eigenvalue weighted by Crippen LogP contribution is -2.34. The van der Waals surface area contributed by atoms with Gasteiger partial charge in [0.25, 0.3) is 0 Å². The predicted molar refractivity (Wildman–Crippen MR) is 145 cm³/mol. The Bertz CT molecular complexity index is 1250. The third-order valence-corrected chi connectivity index (χ3v) is 7.65. The van der Waals surface area contributed by atoms with Crippen LogP contribution in [0.5, 0.6) is 0 Å². The zero-order chi connectivity index (χ0) is 24.6. The topological polar surface area (TPSA) is 59.8 Å². The summed E-state index contributed by atoms with van der Waals surface area (Å²) in [6.45, 7) is 1.53. The molecule has 5 nitrogen and oxygen atoms in total. The fourth-order valence-electron chi connectivity index (χ4n) is 5.73. The standard InChI is InChI=1S/C31H36N4O/c36-31(34-22-24-16-19-32-20-17-24)27(25-12-6-7-13-25)14-5-2-8-21-35-23-29(26-10-3-1-4-11-26)28-15-9-18-33-30(28)35/h1,3-4,9-11,15-20,23,25,27H,2,5-8,12-14,21-22H2,(H,34,36). The molecule has 1 unspecified atom stereocenters. The van der Waals surface area contributed by atoms with Crippen LogP contribution in [0.15, 0.2) is 79.4 Å². The summed E-state index contributed by atoms with van der Waals surface area (Å²) in [4.78, 5) is 21.9. The van der Waals surface area contributed by atoms with Crippen LogP contribution < -0.4 is 5.32 Å². The Morgan fingerprint density at radius 1 is 0.944 bits per heavy atom. The van der Waals surface area contributed by atoms with Crippen molar-refractivity contribution in [3.8, 4) is 11.1 Å². The van der Waals surface area contributed by atoms with Gasteiger partial charge >= 0.3 is 0 Å². The Morgan fingerprint density at radius 3 is 2.56 bits per heavy atom. The van der Waals surface area contributed by atoms with Crippen molar-refractivity contribution >= 4 is 16.9 Å². The van der Waals surface area contributed by atoms with Crippen LogP contribution in [0.25, 0.3) is 22.2 Å². The van der Waals surface area contributed by atoms with E-state index in [0.29, 0.717) is 12.5 Å². The van der Waals surface area contributed by atoms with E-state index in [4.69, 9.17) is 0 Å². The zero-order valence-corrected chi connectivity index (χ0v) is 21.0. The SMILES string of the molecule is O=C(NCc1ccncc1)C(CCCCCn1cc(-c2ccccc2)c2cccnc21)C1CCCC1. The van der Waals surface area contributed by atoms with Crippen molar-refractivity contribution in [2.24, 2.45) is 11.8 Å². The predicted octanol–water partition coefficient (Wildman–Crippen LogP) is 6.78. The van der Waals surface area contributed by atoms with Gasteiger partial charge in [0.2, 0.25) is 5.91 Å². The van der Waals surface area contributed by atoms with Crippen LogP contribution in [0.2, 0.25) is 0 Å². The van der Waals surface area contributed by atoms with Crippen LogP contribution in [0.3, 0.4) is 0 Å². The summed E-state index contributed by atoms with van der Waals surface area (Å²) in [7, 11) is 0. The number of fused-ring (bicyclic) bond motifs is 1. The third-order valence-electron chi connectivity index (χ3n) is 7.65. The van der Waals surface area contributed by atoms with Crippen LogP contribution in [-0.2, 0) is 17.9 Å². The molecule has 1 atom stereocenters. The fraction of sp³-hybridized carbons (Fsp3) is 0.387. The van der Waals surface area contributed by atoms with E-state index in [1.807, 2.05) is 24.4 Å². The number of unbranched alkanes of at least 4 members (excludes halogenated alkanes) is 2. The second kappa shape index (κ2) is 12.0. The minimum atomic E-state index is 0.132. The Labute approximate surface area is 214 Å². The molecule has 1 aromatic carbocycles. The second-order valence-electron chi connectivity index (χ2n) is 10.1. The van der Waals surface area contributed by atoms with Crippen molar-refractivity contribution in [2.75, 3.05) is 0 Å². The number of nitrogens with zero attached hydrogens (tertiary/aromatic N) is 3. The first-order chi connectivity index (χ1) is 17.8. The molecule has 1 aliphatic rings. The van der Waals surface area contributed by atoms with Crippen molar-refractivity contribution in [1.29, 1.82) is 0 Å². The Hall–Kier alpha value is -3.47. The van der Waals surface area contributed by atoms with Crippen LogP contribution >= 0.6 is 0 Å². The number of rotatable bonds is 11. The molecular formula is C31H36N4O. The largest absolute Gasteiger partial charge is 0.352 e. The fourth-order valence-corrected chi connectivity index (χ4v) is 5.73. The highest BCUT2D eigenvalue weighted by Gasteiger charge is 2.30. The van der Waals surface area contributed by atoms with Gasteiger partial charge in [-0.2, -0.15) is 0 Å². The molecular weight excluding hydrogens is 444 g/mol. The normalized spacial score (nSPS) is 14.8. The molecule has 186 valence electrons. The maximum absolute atomic E-state index is 13.1. The van der Waals surface area contributed by atoms with Crippen molar-refractivity contribution in [3.63, 3.8) is 0 Å². The monoisotopic (exact) mass is 480 g/mol. The van der Waals surface area contributed by atoms with E-state index in [1.165, 1.54) is 42.2 Å². The van der Waals surface area contributed by atoms with E-state index in [1.54, 1.807) is 12.4 Å². The highest BCUT2D eigenvalue weighted by atomic mass is 16.1. The maximum atomic E-state index is 13.1. The minimum Gasteiger partial charge on any atom is -0.352 e. The van der Waals surface area contributed by atoms with E-state index in [0.717, 1.165) is 43.4 Å². The summed E-state index contributed by atoms with van der Waals surface area (Å²) in [6.07, 6.45) is 16.9. The highest BCUT2D eigenvalue weighted by Crippen LogP contribution is 2.35. The van der Waals surface area contributed by atoms with Gasteiger partial charge in [-0.15, -0.1) is 0 Å². The van der Waals surface area contributed by atoms with E-state index in [9.17, 15) is 4.79 Å². The molecule has 5 rings (SSSR count). The number of carbonyl (C=O) groups excluding carboxylic acids is 1. The molecule has 0 radical (unpaired) electrons. The Balaban J connectivity index is 1.16. The molecule has 3 aromatic heterocycles. The molecule has 36 heavy (non-hydrogen) atoms. The van der Waals surface area contributed by atoms with Crippen LogP contribution in [0.4, 0.5) is 0 Å². The third kappa shape index (κ3) is 5.84. The average molecular weight is 481 g/mol. The first-order valence-electron chi connectivity index (χ1n) is 13.5. The maximum Gasteiger partial charge on any atom is 0.223 e. The Morgan fingerprint density at radius 2 is 1.75 bits per heavy atom. The summed E-state index contributed by atoms with van der Waals surface area (Å²) >= 11 is 0. The summed E-state index contributed by atoms with van der Waals surface area (Å²) in [5.74, 6) is 0.897. The van der Waals surface area contributed by atoms with Gasteiger partial charge in [0.1, 0.15) is 5.65 Å². The molecule has 0 bridgehead atoms. The highest BCUT2D eigenvalue weighted by molar-refractivity contribution is 5.94. The van der Waals surface area contributed by atoms with E-state index >= 15 is 0 Å². The number of benzene rings is 1. The molecule has 1 aliphatic carbocycles. The van der Waals surface area contributed by atoms with Gasteiger partial charge in [-0.3, -0.25) is 9.78 Å². The first kappa shape index (κ1) is 24.2. The van der Waals surface area contributed by atoms with Gasteiger partial charge in [0, 0.05) is 54.7 Å². The quantitative estimate of drug-likeness (QED) is 0.241. The molecule has 5 heteroatoms. The van der Waals surface area contributed by atoms with Crippen molar-refractivity contribution in [2.45, 2.75) is 64.5 Å². The molecule has 4 aromatic rings. The lowest BCUT2D eigenvalue weighted by Gasteiger charge is -2.23. The molecule has 1 fully saturated rings. The number of carbonyl (C=O) groups is 1. The van der Waals surface area contributed by atoms with Gasteiger partial charge in [0.05, 0.1) is 0 Å². The van der Waals surface area contributed by atoms with Crippen LogP contribution in [0, 0.1) is 11.8 Å². The summed E-state index contributed by atoms with van der Waals surface area (Å²) in [5, 5.41) is 4.41. The van der Waals surface area contributed by atoms with Gasteiger partial charge in [-0.25, -0.2) is 4.98 Å². The van der Waals surface area contributed by atoms with Crippen LogP contribution in [0.1, 0.15) is 56.9 Å². The molecule has 1 N–H and O–H groups in total. The lowest BCUT2D eigenvalue weighted by molar-refractivity contribution is -0.127. The van der Waals surface area contributed by atoms with Crippen molar-refractivity contribution < 1.29 is 4.79 Å². The second-order valence-corrected chi connectivity index (χ2v) is 10.1. The zero-order valence-electron chi connectivity index (χ0n) is 21.0. The van der Waals surface area contributed by atoms with E-state index in [-0.39, 0.29) is 11.8 Å². The number of nitrogens with one attached hydrogen (secondary N) is 1. The number of hydrogen-bond acceptors (Lipinski definition) is 3. The molecule has 3 heterocycles. The summed E-state index contributed by atoms with van der Waals surface area (Å²) < 4.78 is 2.30. The summed E-state index contributed by atoms with van der Waals surface area (Å²) in [5.41, 5.74) is 4.62. The minimum absolute atomic E-state index is 0.132. The first-order valence-corrected chi connectivity index (χ1v) is 13.5. The van der Waals surface area contributed by atoms with Crippen molar-refractivity contribution in [3.05, 3.63) is 84.9 Å². The number of pyridine rings is 2. The smallest absolute Gasteiger partial charge is 0.223 e. The number of aryl methyl sites for hydroxylation is 1. The van der Waals surface area contributed by atoms with E-state index < -0.39 is 0 Å². The molecule has 1 amide bonds. The van der Waals surface area contributed by atoms with Gasteiger partial charge in [-0.05, 0) is 67.0 Å². The number of amides is 1. The number of aromatic nitrogens is 3. The van der Waals surface area contributed by atoms with Gasteiger partial charge in [-0.1, -0.05) is 56.0 Å². The van der Waals surface area contributed by atoms with Crippen LogP contribution in [-0.4, -0.2) is 20.4 Å². The Kier molecular flexibility index (Phi) is 8.06. The lowest BCUT2D eigenvalue weighted by atomic mass is 9.85. The molecule has 0 spiro atoms. The average Bonchev–Trinajstić information content (AvgIpc) is 3.59. The molecule has 0 aliphatic heterocycles. The summed E-state index contributed by atoms with van der Waals surface area (Å²) in [6, 6.07) is 18.7. The van der Waals surface area contributed by atoms with Crippen molar-refractivity contribution in [1.82, 2.24) is 19.9 Å².